The predicted octanol–water partition coefficient (Wildman–Crippen LogP) is 3.66. The molecule has 0 radical (unpaired) electrons. The Hall–Kier alpha value is -1.21. The van der Waals surface area contributed by atoms with Gasteiger partial charge in [0.25, 0.3) is 0 Å². The summed E-state index contributed by atoms with van der Waals surface area (Å²) in [6.45, 7) is 0.595. The number of aromatic amines is 1. The molecule has 0 saturated heterocycles. The third-order valence-corrected chi connectivity index (χ3v) is 4.47. The van der Waals surface area contributed by atoms with Gasteiger partial charge in [-0.3, -0.25) is 4.79 Å². The average molecular weight is 372 g/mol. The summed E-state index contributed by atoms with van der Waals surface area (Å²) >= 11 is 8.43. The van der Waals surface area contributed by atoms with Gasteiger partial charge in [-0.25, -0.2) is 4.39 Å². The van der Waals surface area contributed by atoms with Crippen LogP contribution in [0.4, 0.5) is 4.39 Å². The van der Waals surface area contributed by atoms with Crippen molar-refractivity contribution in [3.8, 4) is 0 Å². The molecule has 0 unspecified atom stereocenters. The largest absolute Gasteiger partial charge is 0.353 e. The van der Waals surface area contributed by atoms with Gasteiger partial charge >= 0.3 is 0 Å². The van der Waals surface area contributed by atoms with Crippen molar-refractivity contribution in [2.45, 2.75) is 38.3 Å². The number of nitrogens with zero attached hydrogens (tertiary/aromatic N) is 1. The topological polar surface area (TPSA) is 49.8 Å². The number of nitrogens with one attached hydrogen (secondary N) is 2. The van der Waals surface area contributed by atoms with Crippen LogP contribution in [-0.2, 0) is 11.3 Å². The second-order valence-corrected chi connectivity index (χ2v) is 6.55. The summed E-state index contributed by atoms with van der Waals surface area (Å²) in [7, 11) is 0. The van der Waals surface area contributed by atoms with Crippen LogP contribution in [-0.4, -0.2) is 21.5 Å². The Morgan fingerprint density at radius 2 is 2.29 bits per heavy atom. The lowest BCUT2D eigenvalue weighted by Crippen LogP contribution is -2.25. The van der Waals surface area contributed by atoms with E-state index in [1.165, 1.54) is 6.07 Å². The van der Waals surface area contributed by atoms with Gasteiger partial charge in [0.15, 0.2) is 4.77 Å². The molecule has 1 aliphatic rings. The molecule has 2 N–H and O–H groups in total. The molecular formula is C14H15BrFN3OS. The minimum atomic E-state index is -0.322. The van der Waals surface area contributed by atoms with Crippen molar-refractivity contribution in [1.82, 2.24) is 14.9 Å². The van der Waals surface area contributed by atoms with Crippen LogP contribution in [0.1, 0.15) is 25.7 Å². The SMILES string of the molecule is O=C(CCCn1c(=S)[nH]c2cc(Br)c(F)cc21)NC1CC1. The van der Waals surface area contributed by atoms with Gasteiger partial charge in [-0.05, 0) is 53.5 Å². The lowest BCUT2D eigenvalue weighted by molar-refractivity contribution is -0.121. The molecule has 0 spiro atoms. The van der Waals surface area contributed by atoms with Gasteiger partial charge in [0, 0.05) is 25.1 Å². The van der Waals surface area contributed by atoms with Gasteiger partial charge in [-0.15, -0.1) is 0 Å². The molecule has 1 saturated carbocycles. The third kappa shape index (κ3) is 3.35. The molecule has 1 amide bonds. The van der Waals surface area contributed by atoms with Crippen molar-refractivity contribution in [3.63, 3.8) is 0 Å². The molecule has 0 atom stereocenters. The highest BCUT2D eigenvalue weighted by Crippen LogP contribution is 2.23. The zero-order chi connectivity index (χ0) is 15.0. The van der Waals surface area contributed by atoms with E-state index in [9.17, 15) is 9.18 Å². The molecule has 0 bridgehead atoms. The Morgan fingerprint density at radius 1 is 1.52 bits per heavy atom. The van der Waals surface area contributed by atoms with Crippen LogP contribution in [0.2, 0.25) is 0 Å². The maximum absolute atomic E-state index is 13.7. The zero-order valence-corrected chi connectivity index (χ0v) is 13.7. The minimum Gasteiger partial charge on any atom is -0.353 e. The summed E-state index contributed by atoms with van der Waals surface area (Å²) in [5.74, 6) is -0.241. The fourth-order valence-corrected chi connectivity index (χ4v) is 2.94. The number of carbonyl (C=O) groups excluding carboxylic acids is 1. The van der Waals surface area contributed by atoms with Crippen molar-refractivity contribution >= 4 is 45.1 Å². The highest BCUT2D eigenvalue weighted by molar-refractivity contribution is 9.10. The lowest BCUT2D eigenvalue weighted by Gasteiger charge is -2.06. The Morgan fingerprint density at radius 3 is 3.00 bits per heavy atom. The summed E-state index contributed by atoms with van der Waals surface area (Å²) in [5.41, 5.74) is 1.51. The van der Waals surface area contributed by atoms with E-state index in [4.69, 9.17) is 12.2 Å². The average Bonchev–Trinajstić information content (AvgIpc) is 3.18. The van der Waals surface area contributed by atoms with Gasteiger partial charge in [0.2, 0.25) is 5.91 Å². The molecule has 3 rings (SSSR count). The first kappa shape index (κ1) is 14.7. The van der Waals surface area contributed by atoms with E-state index >= 15 is 0 Å². The summed E-state index contributed by atoms with van der Waals surface area (Å²) in [6.07, 6.45) is 3.32. The number of carbonyl (C=O) groups is 1. The Balaban J connectivity index is 1.71. The monoisotopic (exact) mass is 371 g/mol. The number of H-pyrrole nitrogens is 1. The Kier molecular flexibility index (Phi) is 4.12. The van der Waals surface area contributed by atoms with Crippen LogP contribution in [0.3, 0.4) is 0 Å². The van der Waals surface area contributed by atoms with E-state index in [0.717, 1.165) is 23.9 Å². The molecule has 2 aromatic rings. The summed E-state index contributed by atoms with van der Waals surface area (Å²) in [6, 6.07) is 3.52. The highest BCUT2D eigenvalue weighted by Gasteiger charge is 2.22. The number of benzene rings is 1. The van der Waals surface area contributed by atoms with Crippen molar-refractivity contribution in [2.24, 2.45) is 0 Å². The van der Waals surface area contributed by atoms with Gasteiger partial charge in [-0.2, -0.15) is 0 Å². The number of aryl methyl sites for hydroxylation is 1. The number of hydrogen-bond donors (Lipinski definition) is 2. The molecule has 1 fully saturated rings. The Labute approximate surface area is 134 Å². The van der Waals surface area contributed by atoms with E-state index in [1.54, 1.807) is 6.07 Å². The number of rotatable bonds is 5. The first-order chi connectivity index (χ1) is 10.0. The van der Waals surface area contributed by atoms with Gasteiger partial charge in [0.1, 0.15) is 5.82 Å². The summed E-state index contributed by atoms with van der Waals surface area (Å²) < 4.78 is 16.5. The maximum atomic E-state index is 13.7. The van der Waals surface area contributed by atoms with Crippen LogP contribution < -0.4 is 5.32 Å². The molecule has 1 aromatic heterocycles. The molecule has 21 heavy (non-hydrogen) atoms. The highest BCUT2D eigenvalue weighted by atomic mass is 79.9. The molecule has 1 aliphatic carbocycles. The standard InChI is InChI=1S/C14H15BrFN3OS/c15-9-6-11-12(7-10(9)16)19(14(21)18-11)5-1-2-13(20)17-8-3-4-8/h6-8H,1-5H2,(H,17,20)(H,18,21). The normalized spacial score (nSPS) is 14.6. The number of aromatic nitrogens is 2. The fraction of sp³-hybridized carbons (Fsp3) is 0.429. The minimum absolute atomic E-state index is 0.0813. The molecule has 1 heterocycles. The van der Waals surface area contributed by atoms with Gasteiger partial charge < -0.3 is 14.9 Å². The van der Waals surface area contributed by atoms with E-state index in [2.05, 4.69) is 26.2 Å². The Bertz CT molecular complexity index is 750. The van der Waals surface area contributed by atoms with E-state index in [0.29, 0.717) is 34.7 Å². The van der Waals surface area contributed by atoms with Crippen LogP contribution in [0.25, 0.3) is 11.0 Å². The summed E-state index contributed by atoms with van der Waals surface area (Å²) in [4.78, 5) is 14.7. The van der Waals surface area contributed by atoms with Crippen LogP contribution in [0, 0.1) is 10.6 Å². The number of halogens is 2. The van der Waals surface area contributed by atoms with Crippen molar-refractivity contribution in [2.75, 3.05) is 0 Å². The van der Waals surface area contributed by atoms with E-state index in [-0.39, 0.29) is 11.7 Å². The molecule has 112 valence electrons. The third-order valence-electron chi connectivity index (χ3n) is 3.54. The van der Waals surface area contributed by atoms with E-state index in [1.807, 2.05) is 4.57 Å². The first-order valence-electron chi connectivity index (χ1n) is 6.91. The van der Waals surface area contributed by atoms with Gasteiger partial charge in [0.05, 0.1) is 15.5 Å². The second-order valence-electron chi connectivity index (χ2n) is 5.31. The lowest BCUT2D eigenvalue weighted by atomic mass is 10.2. The molecular weight excluding hydrogens is 357 g/mol. The van der Waals surface area contributed by atoms with Crippen molar-refractivity contribution in [1.29, 1.82) is 0 Å². The molecule has 0 aliphatic heterocycles. The van der Waals surface area contributed by atoms with Gasteiger partial charge in [-0.1, -0.05) is 0 Å². The van der Waals surface area contributed by atoms with Crippen LogP contribution in [0.15, 0.2) is 16.6 Å². The van der Waals surface area contributed by atoms with E-state index < -0.39 is 0 Å². The second kappa shape index (κ2) is 5.88. The smallest absolute Gasteiger partial charge is 0.220 e. The summed E-state index contributed by atoms with van der Waals surface area (Å²) in [5, 5.41) is 2.95. The molecule has 7 heteroatoms. The fourth-order valence-electron chi connectivity index (χ4n) is 2.30. The first-order valence-corrected chi connectivity index (χ1v) is 8.11. The number of amides is 1. The maximum Gasteiger partial charge on any atom is 0.220 e. The van der Waals surface area contributed by atoms with Crippen LogP contribution >= 0.6 is 28.1 Å². The predicted molar refractivity (Wildman–Crippen MR) is 85.2 cm³/mol. The molecule has 4 nitrogen and oxygen atoms in total. The number of imidazole rings is 1. The van der Waals surface area contributed by atoms with Crippen molar-refractivity contribution in [3.05, 3.63) is 27.2 Å². The zero-order valence-electron chi connectivity index (χ0n) is 11.3. The quantitative estimate of drug-likeness (QED) is 0.787. The molecule has 1 aromatic carbocycles. The van der Waals surface area contributed by atoms with Crippen LogP contribution in [0.5, 0.6) is 0 Å². The van der Waals surface area contributed by atoms with Crippen molar-refractivity contribution < 1.29 is 9.18 Å². The number of hydrogen-bond acceptors (Lipinski definition) is 2. The number of fused-ring (bicyclic) bond motifs is 1.